The molecule has 37 heavy (non-hydrogen) atoms. The van der Waals surface area contributed by atoms with Crippen molar-refractivity contribution in [2.75, 3.05) is 11.5 Å². The Bertz CT molecular complexity index is 1450. The zero-order chi connectivity index (χ0) is 24.9. The van der Waals surface area contributed by atoms with Gasteiger partial charge in [-0.15, -0.1) is 23.5 Å². The third-order valence-corrected chi connectivity index (χ3v) is 9.30. The molecular weight excluding hydrogens is 489 g/mol. The standard InChI is InChI=1S/C33H30N2S2/c1(2-12-22-36-32-24-14-4-8-18-28(24)34-29-19-9-5-15-25(29)32)3-13-23-37-33-26-16-6-10-20-30(26)35-31-21-11-7-17-27(31)33/h4-11,14-21H,1-3,12-13,22-23H2. The van der Waals surface area contributed by atoms with Gasteiger partial charge in [0, 0.05) is 31.3 Å². The minimum absolute atomic E-state index is 1.09. The Morgan fingerprint density at radius 3 is 1.03 bits per heavy atom. The van der Waals surface area contributed by atoms with Crippen molar-refractivity contribution in [2.24, 2.45) is 0 Å². The molecule has 0 aliphatic rings. The molecule has 0 fully saturated rings. The molecule has 2 nitrogen and oxygen atoms in total. The maximum Gasteiger partial charge on any atom is 0.0721 e. The number of hydrogen-bond donors (Lipinski definition) is 0. The van der Waals surface area contributed by atoms with Crippen LogP contribution in [0.1, 0.15) is 32.1 Å². The summed E-state index contributed by atoms with van der Waals surface area (Å²) in [6, 6.07) is 34.2. The quantitative estimate of drug-likeness (QED) is 0.102. The number of rotatable bonds is 10. The molecule has 0 spiro atoms. The Kier molecular flexibility index (Phi) is 7.57. The summed E-state index contributed by atoms with van der Waals surface area (Å²) in [5, 5.41) is 5.11. The Hall–Kier alpha value is -3.08. The topological polar surface area (TPSA) is 25.8 Å². The molecule has 2 heterocycles. The van der Waals surface area contributed by atoms with Gasteiger partial charge in [0.25, 0.3) is 0 Å². The summed E-state index contributed by atoms with van der Waals surface area (Å²) in [6.07, 6.45) is 6.39. The van der Waals surface area contributed by atoms with E-state index in [1.807, 2.05) is 23.5 Å². The molecular formula is C33H30N2S2. The van der Waals surface area contributed by atoms with E-state index in [0.717, 1.165) is 33.6 Å². The molecule has 4 aromatic carbocycles. The van der Waals surface area contributed by atoms with Crippen molar-refractivity contribution in [3.8, 4) is 0 Å². The van der Waals surface area contributed by atoms with E-state index in [-0.39, 0.29) is 0 Å². The molecule has 6 rings (SSSR count). The number of pyridine rings is 2. The summed E-state index contributed by atoms with van der Waals surface area (Å²) in [5.41, 5.74) is 4.37. The van der Waals surface area contributed by atoms with Crippen LogP contribution in [0, 0.1) is 0 Å². The summed E-state index contributed by atoms with van der Waals surface area (Å²) in [7, 11) is 0. The van der Waals surface area contributed by atoms with Gasteiger partial charge in [-0.3, -0.25) is 0 Å². The summed E-state index contributed by atoms with van der Waals surface area (Å²) in [4.78, 5) is 12.5. The van der Waals surface area contributed by atoms with Gasteiger partial charge in [-0.2, -0.15) is 0 Å². The van der Waals surface area contributed by atoms with Gasteiger partial charge in [-0.05, 0) is 48.6 Å². The molecule has 0 aliphatic carbocycles. The minimum atomic E-state index is 1.09. The molecule has 0 saturated carbocycles. The van der Waals surface area contributed by atoms with Crippen LogP contribution in [-0.4, -0.2) is 21.5 Å². The monoisotopic (exact) mass is 518 g/mol. The molecule has 0 radical (unpaired) electrons. The number of benzene rings is 4. The van der Waals surface area contributed by atoms with Crippen LogP contribution in [0.2, 0.25) is 0 Å². The van der Waals surface area contributed by atoms with Gasteiger partial charge in [0.05, 0.1) is 22.1 Å². The smallest absolute Gasteiger partial charge is 0.0721 e. The molecule has 184 valence electrons. The van der Waals surface area contributed by atoms with Crippen molar-refractivity contribution in [1.82, 2.24) is 9.97 Å². The molecule has 0 saturated heterocycles. The van der Waals surface area contributed by atoms with Crippen LogP contribution in [0.25, 0.3) is 43.6 Å². The molecule has 0 unspecified atom stereocenters. The maximum atomic E-state index is 4.86. The minimum Gasteiger partial charge on any atom is -0.248 e. The fourth-order valence-electron chi connectivity index (χ4n) is 5.00. The lowest BCUT2D eigenvalue weighted by molar-refractivity contribution is 0.662. The highest BCUT2D eigenvalue weighted by molar-refractivity contribution is 8.00. The van der Waals surface area contributed by atoms with Crippen molar-refractivity contribution in [1.29, 1.82) is 0 Å². The van der Waals surface area contributed by atoms with Gasteiger partial charge in [-0.25, -0.2) is 9.97 Å². The van der Waals surface area contributed by atoms with Crippen LogP contribution < -0.4 is 0 Å². The van der Waals surface area contributed by atoms with Crippen molar-refractivity contribution in [3.63, 3.8) is 0 Å². The van der Waals surface area contributed by atoms with Crippen molar-refractivity contribution >= 4 is 67.1 Å². The number of thioether (sulfide) groups is 2. The van der Waals surface area contributed by atoms with E-state index in [1.165, 1.54) is 63.4 Å². The molecule has 6 aromatic rings. The second-order valence-electron chi connectivity index (χ2n) is 9.42. The van der Waals surface area contributed by atoms with Crippen molar-refractivity contribution < 1.29 is 0 Å². The zero-order valence-electron chi connectivity index (χ0n) is 20.9. The SMILES string of the molecule is c1ccc2c(SCCCCCCCSc3c4ccccc4nc4ccccc34)c3ccccc3nc2c1. The maximum absolute atomic E-state index is 4.86. The van der Waals surface area contributed by atoms with Crippen LogP contribution in [0.15, 0.2) is 107 Å². The van der Waals surface area contributed by atoms with E-state index >= 15 is 0 Å². The summed E-state index contributed by atoms with van der Waals surface area (Å²) < 4.78 is 0. The zero-order valence-corrected chi connectivity index (χ0v) is 22.5. The highest BCUT2D eigenvalue weighted by Gasteiger charge is 2.10. The van der Waals surface area contributed by atoms with Gasteiger partial charge < -0.3 is 0 Å². The van der Waals surface area contributed by atoms with Crippen LogP contribution >= 0.6 is 23.5 Å². The molecule has 0 bridgehead atoms. The second-order valence-corrected chi connectivity index (χ2v) is 11.6. The van der Waals surface area contributed by atoms with Gasteiger partial charge in [0.2, 0.25) is 0 Å². The average Bonchev–Trinajstić information content (AvgIpc) is 2.95. The summed E-state index contributed by atoms with van der Waals surface area (Å²) >= 11 is 3.99. The van der Waals surface area contributed by atoms with Gasteiger partial charge >= 0.3 is 0 Å². The average molecular weight is 519 g/mol. The fourth-order valence-corrected chi connectivity index (χ4v) is 7.41. The van der Waals surface area contributed by atoms with Crippen molar-refractivity contribution in [2.45, 2.75) is 41.9 Å². The van der Waals surface area contributed by atoms with E-state index < -0.39 is 0 Å². The van der Waals surface area contributed by atoms with Crippen LogP contribution in [0.5, 0.6) is 0 Å². The number of fused-ring (bicyclic) bond motifs is 4. The van der Waals surface area contributed by atoms with Gasteiger partial charge in [-0.1, -0.05) is 92.1 Å². The van der Waals surface area contributed by atoms with E-state index in [4.69, 9.17) is 9.97 Å². The van der Waals surface area contributed by atoms with Crippen molar-refractivity contribution in [3.05, 3.63) is 97.1 Å². The third kappa shape index (κ3) is 5.32. The summed E-state index contributed by atoms with van der Waals surface area (Å²) in [5.74, 6) is 2.31. The lowest BCUT2D eigenvalue weighted by Crippen LogP contribution is -1.90. The van der Waals surface area contributed by atoms with E-state index in [9.17, 15) is 0 Å². The normalized spacial score (nSPS) is 11.7. The Morgan fingerprint density at radius 1 is 0.378 bits per heavy atom. The Balaban J connectivity index is 1.00. The predicted octanol–water partition coefficient (Wildman–Crippen LogP) is 9.92. The number of hydrogen-bond acceptors (Lipinski definition) is 4. The first-order valence-corrected chi connectivity index (χ1v) is 15.2. The molecule has 0 N–H and O–H groups in total. The molecule has 0 aliphatic heterocycles. The highest BCUT2D eigenvalue weighted by atomic mass is 32.2. The van der Waals surface area contributed by atoms with Crippen LogP contribution in [-0.2, 0) is 0 Å². The molecule has 0 atom stereocenters. The highest BCUT2D eigenvalue weighted by Crippen LogP contribution is 2.36. The van der Waals surface area contributed by atoms with Gasteiger partial charge in [0.1, 0.15) is 0 Å². The Morgan fingerprint density at radius 2 is 0.676 bits per heavy atom. The van der Waals surface area contributed by atoms with E-state index in [0.29, 0.717) is 0 Å². The van der Waals surface area contributed by atoms with E-state index in [1.54, 1.807) is 0 Å². The van der Waals surface area contributed by atoms with Crippen LogP contribution in [0.4, 0.5) is 0 Å². The lowest BCUT2D eigenvalue weighted by Gasteiger charge is -2.11. The number of aromatic nitrogens is 2. The molecule has 0 amide bonds. The molecule has 4 heteroatoms. The number of para-hydroxylation sites is 4. The molecule has 2 aromatic heterocycles. The van der Waals surface area contributed by atoms with Gasteiger partial charge in [0.15, 0.2) is 0 Å². The first kappa shape index (κ1) is 24.3. The van der Waals surface area contributed by atoms with E-state index in [2.05, 4.69) is 97.1 Å². The largest absolute Gasteiger partial charge is 0.248 e. The fraction of sp³-hybridized carbons (Fsp3) is 0.212. The predicted molar refractivity (Wildman–Crippen MR) is 163 cm³/mol. The number of nitrogens with zero attached hydrogens (tertiary/aromatic N) is 2. The number of unbranched alkanes of at least 4 members (excludes halogenated alkanes) is 4. The van der Waals surface area contributed by atoms with Crippen LogP contribution in [0.3, 0.4) is 0 Å². The lowest BCUT2D eigenvalue weighted by atomic mass is 10.1. The first-order valence-electron chi connectivity index (χ1n) is 13.2. The summed E-state index contributed by atoms with van der Waals surface area (Å²) in [6.45, 7) is 0. The Labute approximate surface area is 226 Å². The second kappa shape index (κ2) is 11.5. The first-order chi connectivity index (χ1) is 18.4. The third-order valence-electron chi connectivity index (χ3n) is 6.86.